The summed E-state index contributed by atoms with van der Waals surface area (Å²) in [5.74, 6) is -0.264. The summed E-state index contributed by atoms with van der Waals surface area (Å²) in [7, 11) is -4.25. The van der Waals surface area contributed by atoms with E-state index in [-0.39, 0.29) is 27.7 Å². The molecular formula is C22H19ClF3N3O4S. The Morgan fingerprint density at radius 3 is 2.38 bits per heavy atom. The number of rotatable bonds is 8. The standard InChI is InChI=1S/C22H19ClF3N3O4S/c23-15-6-8-19(18(11-15)21(30)28-13-22(24,25)26)29-34(31,32)17-7-9-20(14(10-17)12-27)33-16-4-2-1-3-5-16/h1-11,29H,12-13,27H2,(H,28,30). The van der Waals surface area contributed by atoms with Gasteiger partial charge in [0.25, 0.3) is 15.9 Å². The predicted octanol–water partition coefficient (Wildman–Crippen LogP) is 4.68. The van der Waals surface area contributed by atoms with Gasteiger partial charge in [0.05, 0.1) is 16.1 Å². The van der Waals surface area contributed by atoms with Gasteiger partial charge in [0.1, 0.15) is 18.0 Å². The van der Waals surface area contributed by atoms with Gasteiger partial charge in [-0.05, 0) is 48.5 Å². The summed E-state index contributed by atoms with van der Waals surface area (Å²) in [4.78, 5) is 12.1. The minimum absolute atomic E-state index is 0.0302. The lowest BCUT2D eigenvalue weighted by molar-refractivity contribution is -0.123. The molecule has 7 nitrogen and oxygen atoms in total. The molecule has 3 aromatic carbocycles. The third-order valence-electron chi connectivity index (χ3n) is 4.45. The lowest BCUT2D eigenvalue weighted by Gasteiger charge is -2.15. The lowest BCUT2D eigenvalue weighted by atomic mass is 10.1. The van der Waals surface area contributed by atoms with Crippen molar-refractivity contribution in [1.82, 2.24) is 5.32 Å². The molecule has 0 bridgehead atoms. The van der Waals surface area contributed by atoms with Crippen LogP contribution in [0.4, 0.5) is 18.9 Å². The van der Waals surface area contributed by atoms with Gasteiger partial charge in [0.15, 0.2) is 0 Å². The number of hydrogen-bond donors (Lipinski definition) is 3. The van der Waals surface area contributed by atoms with Crippen molar-refractivity contribution in [3.63, 3.8) is 0 Å². The van der Waals surface area contributed by atoms with Gasteiger partial charge in [0, 0.05) is 17.1 Å². The van der Waals surface area contributed by atoms with Crippen molar-refractivity contribution in [2.24, 2.45) is 5.73 Å². The molecule has 0 spiro atoms. The molecule has 12 heteroatoms. The van der Waals surface area contributed by atoms with E-state index in [1.54, 1.807) is 29.6 Å². The third kappa shape index (κ3) is 6.62. The highest BCUT2D eigenvalue weighted by Gasteiger charge is 2.29. The van der Waals surface area contributed by atoms with Gasteiger partial charge >= 0.3 is 6.18 Å². The molecular weight excluding hydrogens is 495 g/mol. The topological polar surface area (TPSA) is 111 Å². The molecule has 0 fully saturated rings. The minimum atomic E-state index is -4.64. The Morgan fingerprint density at radius 1 is 1.03 bits per heavy atom. The normalized spacial score (nSPS) is 11.7. The van der Waals surface area contributed by atoms with Crippen LogP contribution in [0.25, 0.3) is 0 Å². The molecule has 0 aromatic heterocycles. The van der Waals surface area contributed by atoms with E-state index in [0.717, 1.165) is 6.07 Å². The molecule has 0 saturated carbocycles. The number of para-hydroxylation sites is 1. The SMILES string of the molecule is NCc1cc(S(=O)(=O)Nc2ccc(Cl)cc2C(=O)NCC(F)(F)F)ccc1Oc1ccccc1. The minimum Gasteiger partial charge on any atom is -0.457 e. The first-order valence-corrected chi connectivity index (χ1v) is 11.6. The summed E-state index contributed by atoms with van der Waals surface area (Å²) in [6, 6.07) is 16.3. The summed E-state index contributed by atoms with van der Waals surface area (Å²) in [6.45, 7) is -1.62. The average molecular weight is 514 g/mol. The first-order valence-electron chi connectivity index (χ1n) is 9.72. The number of nitrogens with two attached hydrogens (primary N) is 1. The number of halogens is 4. The number of hydrogen-bond acceptors (Lipinski definition) is 5. The fraction of sp³-hybridized carbons (Fsp3) is 0.136. The van der Waals surface area contributed by atoms with Gasteiger partial charge in [-0.25, -0.2) is 8.42 Å². The molecule has 0 unspecified atom stereocenters. The highest BCUT2D eigenvalue weighted by Crippen LogP contribution is 2.29. The van der Waals surface area contributed by atoms with Crippen LogP contribution < -0.4 is 20.5 Å². The van der Waals surface area contributed by atoms with Crippen LogP contribution in [0.1, 0.15) is 15.9 Å². The van der Waals surface area contributed by atoms with Gasteiger partial charge in [-0.1, -0.05) is 29.8 Å². The van der Waals surface area contributed by atoms with Crippen molar-refractivity contribution in [1.29, 1.82) is 0 Å². The smallest absolute Gasteiger partial charge is 0.405 e. The summed E-state index contributed by atoms with van der Waals surface area (Å²) in [5.41, 5.74) is 5.54. The van der Waals surface area contributed by atoms with Crippen molar-refractivity contribution in [3.05, 3.63) is 82.9 Å². The van der Waals surface area contributed by atoms with E-state index >= 15 is 0 Å². The van der Waals surface area contributed by atoms with Crippen molar-refractivity contribution in [3.8, 4) is 11.5 Å². The number of nitrogens with one attached hydrogen (secondary N) is 2. The number of carbonyl (C=O) groups is 1. The number of ether oxygens (including phenoxy) is 1. The molecule has 3 rings (SSSR count). The maximum absolute atomic E-state index is 13.0. The monoisotopic (exact) mass is 513 g/mol. The van der Waals surface area contributed by atoms with E-state index in [4.69, 9.17) is 22.1 Å². The lowest BCUT2D eigenvalue weighted by Crippen LogP contribution is -2.34. The second-order valence-electron chi connectivity index (χ2n) is 6.98. The zero-order chi connectivity index (χ0) is 24.9. The Hall–Kier alpha value is -3.28. The number of alkyl halides is 3. The maximum atomic E-state index is 13.0. The molecule has 0 radical (unpaired) electrons. The Kier molecular flexibility index (Phi) is 7.70. The van der Waals surface area contributed by atoms with Gasteiger partial charge in [0.2, 0.25) is 0 Å². The Morgan fingerprint density at radius 2 is 1.74 bits per heavy atom. The van der Waals surface area contributed by atoms with Crippen molar-refractivity contribution in [2.45, 2.75) is 17.6 Å². The van der Waals surface area contributed by atoms with Crippen LogP contribution in [-0.4, -0.2) is 27.0 Å². The van der Waals surface area contributed by atoms with Crippen LogP contribution in [0.2, 0.25) is 5.02 Å². The fourth-order valence-electron chi connectivity index (χ4n) is 2.87. The largest absolute Gasteiger partial charge is 0.457 e. The summed E-state index contributed by atoms with van der Waals surface area (Å²) in [5, 5.41) is 1.73. The number of carbonyl (C=O) groups excluding carboxylic acids is 1. The Bertz CT molecular complexity index is 1290. The second kappa shape index (κ2) is 10.3. The number of anilines is 1. The Labute approximate surface area is 198 Å². The predicted molar refractivity (Wildman–Crippen MR) is 121 cm³/mol. The van der Waals surface area contributed by atoms with E-state index in [0.29, 0.717) is 17.1 Å². The zero-order valence-electron chi connectivity index (χ0n) is 17.4. The molecule has 0 aliphatic rings. The van der Waals surface area contributed by atoms with Crippen LogP contribution in [0, 0.1) is 0 Å². The molecule has 0 atom stereocenters. The fourth-order valence-corrected chi connectivity index (χ4v) is 4.17. The summed E-state index contributed by atoms with van der Waals surface area (Å²) >= 11 is 5.86. The highest BCUT2D eigenvalue weighted by molar-refractivity contribution is 7.92. The van der Waals surface area contributed by atoms with Gasteiger partial charge < -0.3 is 15.8 Å². The molecule has 34 heavy (non-hydrogen) atoms. The van der Waals surface area contributed by atoms with Crippen LogP contribution in [-0.2, 0) is 16.6 Å². The van der Waals surface area contributed by atoms with Crippen LogP contribution in [0.5, 0.6) is 11.5 Å². The molecule has 0 aliphatic carbocycles. The molecule has 0 heterocycles. The highest BCUT2D eigenvalue weighted by atomic mass is 35.5. The first kappa shape index (κ1) is 25.3. The molecule has 3 aromatic rings. The van der Waals surface area contributed by atoms with E-state index in [1.165, 1.54) is 30.3 Å². The van der Waals surface area contributed by atoms with E-state index in [9.17, 15) is 26.4 Å². The van der Waals surface area contributed by atoms with E-state index in [2.05, 4.69) is 4.72 Å². The zero-order valence-corrected chi connectivity index (χ0v) is 19.0. The van der Waals surface area contributed by atoms with Gasteiger partial charge in [-0.2, -0.15) is 13.2 Å². The van der Waals surface area contributed by atoms with Crippen LogP contribution in [0.3, 0.4) is 0 Å². The second-order valence-corrected chi connectivity index (χ2v) is 9.10. The number of amides is 1. The summed E-state index contributed by atoms with van der Waals surface area (Å²) in [6.07, 6.45) is -4.64. The molecule has 0 aliphatic heterocycles. The quantitative estimate of drug-likeness (QED) is 0.405. The molecule has 0 saturated heterocycles. The number of benzene rings is 3. The van der Waals surface area contributed by atoms with E-state index < -0.39 is 28.7 Å². The van der Waals surface area contributed by atoms with Crippen molar-refractivity contribution < 1.29 is 31.1 Å². The molecule has 180 valence electrons. The van der Waals surface area contributed by atoms with Crippen molar-refractivity contribution in [2.75, 3.05) is 11.3 Å². The molecule has 1 amide bonds. The first-order chi connectivity index (χ1) is 16.0. The van der Waals surface area contributed by atoms with E-state index in [1.807, 2.05) is 6.07 Å². The maximum Gasteiger partial charge on any atom is 0.405 e. The molecule has 4 N–H and O–H groups in total. The number of sulfonamides is 1. The van der Waals surface area contributed by atoms with Crippen LogP contribution in [0.15, 0.2) is 71.6 Å². The van der Waals surface area contributed by atoms with Gasteiger partial charge in [-0.15, -0.1) is 0 Å². The van der Waals surface area contributed by atoms with Crippen LogP contribution >= 0.6 is 11.6 Å². The Balaban J connectivity index is 1.88. The third-order valence-corrected chi connectivity index (χ3v) is 6.05. The summed E-state index contributed by atoms with van der Waals surface area (Å²) < 4.78 is 71.3. The van der Waals surface area contributed by atoms with Gasteiger partial charge in [-0.3, -0.25) is 9.52 Å². The van der Waals surface area contributed by atoms with Crippen molar-refractivity contribution >= 4 is 33.2 Å². The average Bonchev–Trinajstić information content (AvgIpc) is 2.79.